The predicted octanol–water partition coefficient (Wildman–Crippen LogP) is 1.08. The van der Waals surface area contributed by atoms with Gasteiger partial charge in [0.2, 0.25) is 15.9 Å². The van der Waals surface area contributed by atoms with Gasteiger partial charge in [0, 0.05) is 19.6 Å². The maximum atomic E-state index is 12.8. The highest BCUT2D eigenvalue weighted by molar-refractivity contribution is 7.89. The van der Waals surface area contributed by atoms with Crippen LogP contribution in [0.4, 0.5) is 11.4 Å². The molecule has 0 radical (unpaired) electrons. The lowest BCUT2D eigenvalue weighted by molar-refractivity contribution is -0.115. The number of carbonyl (C=O) groups excluding carboxylic acids is 1. The number of anilines is 2. The molecular formula is C17H28N4O4S. The van der Waals surface area contributed by atoms with Crippen LogP contribution in [-0.2, 0) is 19.6 Å². The third kappa shape index (κ3) is 5.41. The summed E-state index contributed by atoms with van der Waals surface area (Å²) in [6.07, 6.45) is 2.02. The minimum atomic E-state index is -3.62. The van der Waals surface area contributed by atoms with Gasteiger partial charge in [-0.3, -0.25) is 4.79 Å². The highest BCUT2D eigenvalue weighted by Gasteiger charge is 2.27. The molecule has 3 N–H and O–H groups in total. The van der Waals surface area contributed by atoms with Gasteiger partial charge in [-0.05, 0) is 31.7 Å². The zero-order chi connectivity index (χ0) is 19.0. The molecule has 26 heavy (non-hydrogen) atoms. The first kappa shape index (κ1) is 20.6. The van der Waals surface area contributed by atoms with E-state index in [-0.39, 0.29) is 17.3 Å². The summed E-state index contributed by atoms with van der Waals surface area (Å²) in [6, 6.07) is 4.80. The van der Waals surface area contributed by atoms with Crippen LogP contribution < -0.4 is 16.0 Å². The van der Waals surface area contributed by atoms with Crippen molar-refractivity contribution in [2.45, 2.75) is 24.7 Å². The van der Waals surface area contributed by atoms with E-state index in [9.17, 15) is 13.2 Å². The Morgan fingerprint density at radius 1 is 1.23 bits per heavy atom. The van der Waals surface area contributed by atoms with Gasteiger partial charge in [0.25, 0.3) is 0 Å². The van der Waals surface area contributed by atoms with Crippen LogP contribution in [0.25, 0.3) is 0 Å². The molecule has 1 aliphatic heterocycles. The summed E-state index contributed by atoms with van der Waals surface area (Å²) in [5.74, 6) is -0.230. The first-order valence-corrected chi connectivity index (χ1v) is 10.3. The van der Waals surface area contributed by atoms with Gasteiger partial charge in [0.1, 0.15) is 0 Å². The molecule has 1 amide bonds. The Kier molecular flexibility index (Phi) is 7.83. The van der Waals surface area contributed by atoms with Crippen molar-refractivity contribution in [2.75, 3.05) is 57.1 Å². The molecule has 0 unspecified atom stereocenters. The largest absolute Gasteiger partial charge is 0.383 e. The quantitative estimate of drug-likeness (QED) is 0.551. The number of benzene rings is 1. The van der Waals surface area contributed by atoms with E-state index in [2.05, 4.69) is 22.9 Å². The average molecular weight is 385 g/mol. The Morgan fingerprint density at radius 3 is 2.62 bits per heavy atom. The van der Waals surface area contributed by atoms with Crippen LogP contribution >= 0.6 is 0 Å². The minimum absolute atomic E-state index is 0.148. The van der Waals surface area contributed by atoms with Crippen molar-refractivity contribution in [3.05, 3.63) is 18.2 Å². The number of hydrogen-bond donors (Lipinski definition) is 3. The molecule has 1 saturated heterocycles. The van der Waals surface area contributed by atoms with Gasteiger partial charge in [-0.2, -0.15) is 4.31 Å². The van der Waals surface area contributed by atoms with Crippen LogP contribution in [0.5, 0.6) is 0 Å². The van der Waals surface area contributed by atoms with E-state index in [1.165, 1.54) is 10.4 Å². The number of unbranched alkanes of at least 4 members (excludes halogenated alkanes) is 1. The molecule has 1 fully saturated rings. The molecule has 1 aliphatic rings. The maximum Gasteiger partial charge on any atom is 0.243 e. The zero-order valence-electron chi connectivity index (χ0n) is 15.4. The Morgan fingerprint density at radius 2 is 1.96 bits per heavy atom. The van der Waals surface area contributed by atoms with Crippen molar-refractivity contribution >= 4 is 27.3 Å². The van der Waals surface area contributed by atoms with Gasteiger partial charge >= 0.3 is 0 Å². The number of sulfonamides is 1. The Bertz CT molecular complexity index is 703. The number of nitrogens with one attached hydrogen (secondary N) is 3. The van der Waals surface area contributed by atoms with Crippen molar-refractivity contribution in [3.8, 4) is 0 Å². The first-order chi connectivity index (χ1) is 12.5. The number of rotatable bonds is 9. The van der Waals surface area contributed by atoms with E-state index in [0.29, 0.717) is 37.7 Å². The SMILES string of the molecule is CCCCNc1ccc(S(=O)(=O)N2CCOCC2)cc1NC(=O)CNC. The number of nitrogens with zero attached hydrogens (tertiary/aromatic N) is 1. The van der Waals surface area contributed by atoms with E-state index in [1.807, 2.05) is 0 Å². The molecule has 1 aromatic carbocycles. The predicted molar refractivity (Wildman–Crippen MR) is 102 cm³/mol. The van der Waals surface area contributed by atoms with E-state index in [1.54, 1.807) is 19.2 Å². The summed E-state index contributed by atoms with van der Waals surface area (Å²) in [4.78, 5) is 12.1. The monoisotopic (exact) mass is 384 g/mol. The van der Waals surface area contributed by atoms with E-state index >= 15 is 0 Å². The molecule has 0 aromatic heterocycles. The summed E-state index contributed by atoms with van der Waals surface area (Å²) in [6.45, 7) is 4.44. The lowest BCUT2D eigenvalue weighted by atomic mass is 10.2. The van der Waals surface area contributed by atoms with Crippen LogP contribution in [0, 0.1) is 0 Å². The number of morpholine rings is 1. The van der Waals surface area contributed by atoms with Gasteiger partial charge in [-0.15, -0.1) is 0 Å². The van der Waals surface area contributed by atoms with Crippen LogP contribution in [0.2, 0.25) is 0 Å². The van der Waals surface area contributed by atoms with Crippen molar-refractivity contribution in [3.63, 3.8) is 0 Å². The maximum absolute atomic E-state index is 12.8. The third-order valence-electron chi connectivity index (χ3n) is 4.06. The second kappa shape index (κ2) is 9.86. The second-order valence-corrected chi connectivity index (χ2v) is 8.02. The zero-order valence-corrected chi connectivity index (χ0v) is 16.2. The molecule has 0 aliphatic carbocycles. The highest BCUT2D eigenvalue weighted by atomic mass is 32.2. The van der Waals surface area contributed by atoms with Crippen molar-refractivity contribution < 1.29 is 17.9 Å². The van der Waals surface area contributed by atoms with Crippen LogP contribution in [0.3, 0.4) is 0 Å². The molecule has 0 saturated carbocycles. The summed E-state index contributed by atoms with van der Waals surface area (Å²) in [5.41, 5.74) is 1.18. The average Bonchev–Trinajstić information content (AvgIpc) is 2.64. The fourth-order valence-corrected chi connectivity index (χ4v) is 4.07. The lowest BCUT2D eigenvalue weighted by Crippen LogP contribution is -2.40. The van der Waals surface area contributed by atoms with Crippen molar-refractivity contribution in [2.24, 2.45) is 0 Å². The Hall–Kier alpha value is -1.68. The molecule has 1 heterocycles. The summed E-state index contributed by atoms with van der Waals surface area (Å²) >= 11 is 0. The number of likely N-dealkylation sites (N-methyl/N-ethyl adjacent to an activating group) is 1. The second-order valence-electron chi connectivity index (χ2n) is 6.08. The molecule has 8 nitrogen and oxygen atoms in total. The Balaban J connectivity index is 2.28. The van der Waals surface area contributed by atoms with E-state index < -0.39 is 10.0 Å². The normalized spacial score (nSPS) is 15.6. The fourth-order valence-electron chi connectivity index (χ4n) is 2.63. The van der Waals surface area contributed by atoms with Crippen LogP contribution in [0.15, 0.2) is 23.1 Å². The summed E-state index contributed by atoms with van der Waals surface area (Å²) in [7, 11) is -1.94. The molecule has 0 spiro atoms. The lowest BCUT2D eigenvalue weighted by Gasteiger charge is -2.26. The van der Waals surface area contributed by atoms with Gasteiger partial charge in [0.05, 0.1) is 36.0 Å². The smallest absolute Gasteiger partial charge is 0.243 e. The minimum Gasteiger partial charge on any atom is -0.383 e. The number of carbonyl (C=O) groups is 1. The molecule has 9 heteroatoms. The fraction of sp³-hybridized carbons (Fsp3) is 0.588. The molecule has 0 bridgehead atoms. The topological polar surface area (TPSA) is 99.8 Å². The van der Waals surface area contributed by atoms with Gasteiger partial charge in [0.15, 0.2) is 0 Å². The van der Waals surface area contributed by atoms with Crippen molar-refractivity contribution in [1.82, 2.24) is 9.62 Å². The number of amides is 1. The molecule has 0 atom stereocenters. The molecule has 146 valence electrons. The van der Waals surface area contributed by atoms with Gasteiger partial charge < -0.3 is 20.7 Å². The van der Waals surface area contributed by atoms with E-state index in [0.717, 1.165) is 19.4 Å². The van der Waals surface area contributed by atoms with Crippen molar-refractivity contribution in [1.29, 1.82) is 0 Å². The summed E-state index contributed by atoms with van der Waals surface area (Å²) in [5, 5.41) is 8.82. The van der Waals surface area contributed by atoms with E-state index in [4.69, 9.17) is 4.74 Å². The van der Waals surface area contributed by atoms with Gasteiger partial charge in [-0.25, -0.2) is 8.42 Å². The highest BCUT2D eigenvalue weighted by Crippen LogP contribution is 2.27. The van der Waals surface area contributed by atoms with Crippen LogP contribution in [0.1, 0.15) is 19.8 Å². The molecule has 2 rings (SSSR count). The molecular weight excluding hydrogens is 356 g/mol. The first-order valence-electron chi connectivity index (χ1n) is 8.89. The van der Waals surface area contributed by atoms with Gasteiger partial charge in [-0.1, -0.05) is 13.3 Å². The molecule has 1 aromatic rings. The number of ether oxygens (including phenoxy) is 1. The van der Waals surface area contributed by atoms with Crippen LogP contribution in [-0.4, -0.2) is 65.1 Å². The number of hydrogen-bond acceptors (Lipinski definition) is 6. The standard InChI is InChI=1S/C17H28N4O4S/c1-3-4-7-19-15-6-5-14(12-16(15)20-17(22)13-18-2)26(23,24)21-8-10-25-11-9-21/h5-6,12,18-19H,3-4,7-11,13H2,1-2H3,(H,20,22). The Labute approximate surface area is 155 Å². The third-order valence-corrected chi connectivity index (χ3v) is 5.95. The summed E-state index contributed by atoms with van der Waals surface area (Å²) < 4.78 is 32.3.